The summed E-state index contributed by atoms with van der Waals surface area (Å²) in [7, 11) is 0. The van der Waals surface area contributed by atoms with E-state index in [-0.39, 0.29) is 5.54 Å². The van der Waals surface area contributed by atoms with E-state index in [2.05, 4.69) is 47.4 Å². The van der Waals surface area contributed by atoms with Gasteiger partial charge in [-0.25, -0.2) is 9.97 Å². The second kappa shape index (κ2) is 5.48. The summed E-state index contributed by atoms with van der Waals surface area (Å²) in [6.07, 6.45) is 0.463. The van der Waals surface area contributed by atoms with Gasteiger partial charge in [0.2, 0.25) is 0 Å². The molecule has 5 nitrogen and oxygen atoms in total. The molecule has 0 saturated heterocycles. The summed E-state index contributed by atoms with van der Waals surface area (Å²) in [6, 6.07) is 3.94. The second-order valence-corrected chi connectivity index (χ2v) is 4.90. The van der Waals surface area contributed by atoms with E-state index in [0.717, 1.165) is 11.6 Å². The van der Waals surface area contributed by atoms with Gasteiger partial charge in [0.05, 0.1) is 12.5 Å². The highest BCUT2D eigenvalue weighted by Gasteiger charge is 2.11. The van der Waals surface area contributed by atoms with E-state index >= 15 is 0 Å². The summed E-state index contributed by atoms with van der Waals surface area (Å²) in [5.41, 5.74) is -0.0370. The Bertz CT molecular complexity index is 414. The number of rotatable bonds is 4. The van der Waals surface area contributed by atoms with Crippen LogP contribution in [0.5, 0.6) is 0 Å². The first-order valence-electron chi connectivity index (χ1n) is 5.65. The number of anilines is 2. The zero-order valence-corrected chi connectivity index (χ0v) is 10.8. The number of aryl methyl sites for hydroxylation is 1. The number of nitrogens with zero attached hydrogens (tertiary/aromatic N) is 3. The van der Waals surface area contributed by atoms with E-state index in [4.69, 9.17) is 5.26 Å². The molecule has 1 rings (SSSR count). The Labute approximate surface area is 102 Å². The van der Waals surface area contributed by atoms with E-state index in [1.807, 2.05) is 13.0 Å². The van der Waals surface area contributed by atoms with Gasteiger partial charge in [0.1, 0.15) is 17.5 Å². The Balaban J connectivity index is 2.76. The van der Waals surface area contributed by atoms with Crippen LogP contribution in [0.2, 0.25) is 0 Å². The van der Waals surface area contributed by atoms with Crippen molar-refractivity contribution in [3.63, 3.8) is 0 Å². The fraction of sp³-hybridized carbons (Fsp3) is 0.583. The highest BCUT2D eigenvalue weighted by molar-refractivity contribution is 5.48. The van der Waals surface area contributed by atoms with Crippen LogP contribution in [0.15, 0.2) is 6.07 Å². The molecule has 1 aromatic heterocycles. The van der Waals surface area contributed by atoms with Crippen LogP contribution < -0.4 is 10.6 Å². The minimum atomic E-state index is -0.0370. The molecule has 0 fully saturated rings. The fourth-order valence-corrected chi connectivity index (χ4v) is 1.35. The van der Waals surface area contributed by atoms with Crippen LogP contribution in [0.4, 0.5) is 11.6 Å². The zero-order valence-electron chi connectivity index (χ0n) is 10.8. The zero-order chi connectivity index (χ0) is 12.9. The normalized spacial score (nSPS) is 10.8. The molecule has 0 radical (unpaired) electrons. The van der Waals surface area contributed by atoms with Gasteiger partial charge in [-0.1, -0.05) is 0 Å². The SMILES string of the molecule is Cc1nc(NCCC#N)cc(NC(C)(C)C)n1. The fourth-order valence-electron chi connectivity index (χ4n) is 1.35. The van der Waals surface area contributed by atoms with Gasteiger partial charge in [0, 0.05) is 18.2 Å². The van der Waals surface area contributed by atoms with Crippen LogP contribution in [0.1, 0.15) is 33.0 Å². The van der Waals surface area contributed by atoms with Crippen molar-refractivity contribution in [1.29, 1.82) is 5.26 Å². The van der Waals surface area contributed by atoms with Gasteiger partial charge in [0.25, 0.3) is 0 Å². The predicted molar refractivity (Wildman–Crippen MR) is 68.9 cm³/mol. The minimum absolute atomic E-state index is 0.0370. The number of hydrogen-bond acceptors (Lipinski definition) is 5. The van der Waals surface area contributed by atoms with Gasteiger partial charge in [-0.15, -0.1) is 0 Å². The Morgan fingerprint density at radius 1 is 1.29 bits per heavy atom. The van der Waals surface area contributed by atoms with Crippen molar-refractivity contribution in [3.8, 4) is 6.07 Å². The lowest BCUT2D eigenvalue weighted by Gasteiger charge is -2.21. The summed E-state index contributed by atoms with van der Waals surface area (Å²) < 4.78 is 0. The smallest absolute Gasteiger partial charge is 0.132 e. The van der Waals surface area contributed by atoms with Crippen molar-refractivity contribution in [3.05, 3.63) is 11.9 Å². The summed E-state index contributed by atoms with van der Waals surface area (Å²) in [6.45, 7) is 8.68. The van der Waals surface area contributed by atoms with Crippen molar-refractivity contribution >= 4 is 11.6 Å². The van der Waals surface area contributed by atoms with Crippen molar-refractivity contribution in [1.82, 2.24) is 9.97 Å². The molecule has 0 saturated carbocycles. The van der Waals surface area contributed by atoms with Gasteiger partial charge in [0.15, 0.2) is 0 Å². The van der Waals surface area contributed by atoms with Crippen LogP contribution in [-0.4, -0.2) is 22.1 Å². The largest absolute Gasteiger partial charge is 0.369 e. The molecule has 0 unspecified atom stereocenters. The number of nitriles is 1. The molecule has 0 aromatic carbocycles. The molecule has 0 spiro atoms. The van der Waals surface area contributed by atoms with Crippen LogP contribution in [0, 0.1) is 18.3 Å². The molecule has 0 amide bonds. The molecule has 1 aromatic rings. The predicted octanol–water partition coefficient (Wildman–Crippen LogP) is 2.32. The number of hydrogen-bond donors (Lipinski definition) is 2. The third-order valence-electron chi connectivity index (χ3n) is 1.88. The second-order valence-electron chi connectivity index (χ2n) is 4.90. The monoisotopic (exact) mass is 233 g/mol. The Hall–Kier alpha value is -1.83. The topological polar surface area (TPSA) is 73.6 Å². The highest BCUT2D eigenvalue weighted by atomic mass is 15.1. The molecule has 0 aliphatic carbocycles. The van der Waals surface area contributed by atoms with Crippen molar-refractivity contribution < 1.29 is 0 Å². The first kappa shape index (κ1) is 13.2. The van der Waals surface area contributed by atoms with Gasteiger partial charge in [-0.2, -0.15) is 5.26 Å². The van der Waals surface area contributed by atoms with E-state index < -0.39 is 0 Å². The van der Waals surface area contributed by atoms with Gasteiger partial charge in [-0.05, 0) is 27.7 Å². The molecule has 92 valence electrons. The van der Waals surface area contributed by atoms with E-state index in [1.165, 1.54) is 0 Å². The molecule has 0 bridgehead atoms. The number of aromatic nitrogens is 2. The number of nitrogens with one attached hydrogen (secondary N) is 2. The lowest BCUT2D eigenvalue weighted by molar-refractivity contribution is 0.629. The summed E-state index contributed by atoms with van der Waals surface area (Å²) in [5.74, 6) is 2.25. The maximum absolute atomic E-state index is 8.47. The highest BCUT2D eigenvalue weighted by Crippen LogP contribution is 2.15. The molecular weight excluding hydrogens is 214 g/mol. The van der Waals surface area contributed by atoms with Crippen LogP contribution in [0.25, 0.3) is 0 Å². The molecule has 17 heavy (non-hydrogen) atoms. The first-order chi connectivity index (χ1) is 7.90. The molecule has 2 N–H and O–H groups in total. The van der Waals surface area contributed by atoms with Crippen molar-refractivity contribution in [2.24, 2.45) is 0 Å². The third kappa shape index (κ3) is 5.16. The van der Waals surface area contributed by atoms with Crippen LogP contribution in [0.3, 0.4) is 0 Å². The lowest BCUT2D eigenvalue weighted by Crippen LogP contribution is -2.27. The Morgan fingerprint density at radius 2 is 1.94 bits per heavy atom. The average molecular weight is 233 g/mol. The van der Waals surface area contributed by atoms with Gasteiger partial charge >= 0.3 is 0 Å². The van der Waals surface area contributed by atoms with Gasteiger partial charge < -0.3 is 10.6 Å². The molecule has 0 aliphatic rings. The van der Waals surface area contributed by atoms with Crippen molar-refractivity contribution in [2.45, 2.75) is 39.7 Å². The molecule has 0 aliphatic heterocycles. The van der Waals surface area contributed by atoms with Crippen LogP contribution >= 0.6 is 0 Å². The summed E-state index contributed by atoms with van der Waals surface area (Å²) >= 11 is 0. The first-order valence-corrected chi connectivity index (χ1v) is 5.65. The van der Waals surface area contributed by atoms with E-state index in [9.17, 15) is 0 Å². The average Bonchev–Trinajstić information content (AvgIpc) is 2.14. The Kier molecular flexibility index (Phi) is 4.27. The van der Waals surface area contributed by atoms with Gasteiger partial charge in [-0.3, -0.25) is 0 Å². The summed E-state index contributed by atoms with van der Waals surface area (Å²) in [5, 5.41) is 14.9. The molecular formula is C12H19N5. The third-order valence-corrected chi connectivity index (χ3v) is 1.88. The van der Waals surface area contributed by atoms with Crippen molar-refractivity contribution in [2.75, 3.05) is 17.2 Å². The van der Waals surface area contributed by atoms with E-state index in [1.54, 1.807) is 0 Å². The molecule has 0 atom stereocenters. The van der Waals surface area contributed by atoms with Crippen LogP contribution in [-0.2, 0) is 0 Å². The lowest BCUT2D eigenvalue weighted by atomic mass is 10.1. The maximum Gasteiger partial charge on any atom is 0.132 e. The maximum atomic E-state index is 8.47. The standard InChI is InChI=1S/C12H19N5/c1-9-15-10(14-7-5-6-13)8-11(16-9)17-12(2,3)4/h8H,5,7H2,1-4H3,(H2,14,15,16,17). The minimum Gasteiger partial charge on any atom is -0.369 e. The molecule has 1 heterocycles. The quantitative estimate of drug-likeness (QED) is 0.781. The summed E-state index contributed by atoms with van der Waals surface area (Å²) in [4.78, 5) is 8.58. The van der Waals surface area contributed by atoms with E-state index in [0.29, 0.717) is 18.8 Å². The Morgan fingerprint density at radius 3 is 2.53 bits per heavy atom. The molecule has 5 heteroatoms.